The first-order valence-electron chi connectivity index (χ1n) is 9.37. The predicted octanol–water partition coefficient (Wildman–Crippen LogP) is 5.03. The van der Waals surface area contributed by atoms with Gasteiger partial charge in [-0.2, -0.15) is 0 Å². The molecule has 0 unspecified atom stereocenters. The van der Waals surface area contributed by atoms with E-state index < -0.39 is 0 Å². The summed E-state index contributed by atoms with van der Waals surface area (Å²) in [5.41, 5.74) is 2.58. The first-order chi connectivity index (χ1) is 14.8. The molecule has 0 fully saturated rings. The molecule has 0 spiro atoms. The fraction of sp³-hybridized carbons (Fsp3) is 0.136. The molecule has 5 rings (SSSR count). The van der Waals surface area contributed by atoms with Crippen LogP contribution in [-0.4, -0.2) is 26.9 Å². The standard InChI is InChI=1S/C22H18N4O3S/c1-27-16-10-8-15(9-11-16)21-24-25-22(26(21)13-17-5-4-12-28-17)30-14-20-23-18-6-2-3-7-19(18)29-20/h2-12H,13-14H2,1H3. The largest absolute Gasteiger partial charge is 0.497 e. The van der Waals surface area contributed by atoms with Gasteiger partial charge in [-0.3, -0.25) is 4.57 Å². The Balaban J connectivity index is 1.45. The van der Waals surface area contributed by atoms with Crippen LogP contribution in [-0.2, 0) is 12.3 Å². The molecule has 3 aromatic heterocycles. The first kappa shape index (κ1) is 18.5. The highest BCUT2D eigenvalue weighted by Crippen LogP contribution is 2.29. The molecule has 8 heteroatoms. The fourth-order valence-electron chi connectivity index (χ4n) is 3.16. The van der Waals surface area contributed by atoms with Crippen molar-refractivity contribution < 1.29 is 13.6 Å². The van der Waals surface area contributed by atoms with Crippen LogP contribution in [0.4, 0.5) is 0 Å². The second kappa shape index (κ2) is 8.08. The number of fused-ring (bicyclic) bond motifs is 1. The van der Waals surface area contributed by atoms with Crippen molar-refractivity contribution in [1.29, 1.82) is 0 Å². The number of furan rings is 1. The molecule has 0 aliphatic carbocycles. The molecule has 0 saturated heterocycles. The molecule has 0 aliphatic rings. The summed E-state index contributed by atoms with van der Waals surface area (Å²) in [4.78, 5) is 4.54. The molecule has 2 aromatic carbocycles. The van der Waals surface area contributed by atoms with Gasteiger partial charge >= 0.3 is 0 Å². The van der Waals surface area contributed by atoms with E-state index in [1.54, 1.807) is 13.4 Å². The van der Waals surface area contributed by atoms with Crippen LogP contribution >= 0.6 is 11.8 Å². The second-order valence-electron chi connectivity index (χ2n) is 6.56. The number of oxazole rings is 1. The molecule has 0 radical (unpaired) electrons. The van der Waals surface area contributed by atoms with Crippen molar-refractivity contribution in [2.75, 3.05) is 7.11 Å². The SMILES string of the molecule is COc1ccc(-c2nnc(SCc3nc4ccccc4o3)n2Cc2ccco2)cc1. The molecule has 7 nitrogen and oxygen atoms in total. The van der Waals surface area contributed by atoms with Crippen molar-refractivity contribution in [2.24, 2.45) is 0 Å². The molecule has 0 N–H and O–H groups in total. The van der Waals surface area contributed by atoms with Crippen molar-refractivity contribution >= 4 is 22.9 Å². The molecule has 0 bridgehead atoms. The lowest BCUT2D eigenvalue weighted by atomic mass is 10.2. The molecule has 0 aliphatic heterocycles. The smallest absolute Gasteiger partial charge is 0.205 e. The minimum absolute atomic E-state index is 0.525. The normalized spacial score (nSPS) is 11.2. The maximum Gasteiger partial charge on any atom is 0.205 e. The summed E-state index contributed by atoms with van der Waals surface area (Å²) < 4.78 is 18.7. The Kier molecular flexibility index (Phi) is 4.98. The van der Waals surface area contributed by atoms with Crippen LogP contribution in [0.3, 0.4) is 0 Å². The summed E-state index contributed by atoms with van der Waals surface area (Å²) in [6.07, 6.45) is 1.66. The van der Waals surface area contributed by atoms with Gasteiger partial charge in [-0.25, -0.2) is 4.98 Å². The van der Waals surface area contributed by atoms with Gasteiger partial charge in [-0.05, 0) is 48.5 Å². The van der Waals surface area contributed by atoms with Gasteiger partial charge in [0.15, 0.2) is 16.6 Å². The predicted molar refractivity (Wildman–Crippen MR) is 113 cm³/mol. The van der Waals surface area contributed by atoms with E-state index in [1.807, 2.05) is 65.2 Å². The highest BCUT2D eigenvalue weighted by Gasteiger charge is 2.17. The third-order valence-electron chi connectivity index (χ3n) is 4.62. The second-order valence-corrected chi connectivity index (χ2v) is 7.51. The Hall–Kier alpha value is -3.52. The van der Waals surface area contributed by atoms with Crippen LogP contribution in [0.1, 0.15) is 11.7 Å². The maximum atomic E-state index is 5.83. The number of thioether (sulfide) groups is 1. The number of benzene rings is 2. The van der Waals surface area contributed by atoms with Crippen LogP contribution in [0.5, 0.6) is 5.75 Å². The van der Waals surface area contributed by atoms with Crippen LogP contribution < -0.4 is 4.74 Å². The number of ether oxygens (including phenoxy) is 1. The molecular weight excluding hydrogens is 400 g/mol. The summed E-state index contributed by atoms with van der Waals surface area (Å²) in [7, 11) is 1.65. The average Bonchev–Trinajstić information content (AvgIpc) is 3.52. The fourth-order valence-corrected chi connectivity index (χ4v) is 3.94. The number of rotatable bonds is 7. The number of hydrogen-bond donors (Lipinski definition) is 0. The molecular formula is C22H18N4O3S. The zero-order valence-corrected chi connectivity index (χ0v) is 17.0. The molecule has 0 atom stereocenters. The van der Waals surface area contributed by atoms with E-state index in [4.69, 9.17) is 13.6 Å². The Labute approximate surface area is 176 Å². The van der Waals surface area contributed by atoms with Gasteiger partial charge in [0, 0.05) is 5.56 Å². The van der Waals surface area contributed by atoms with Gasteiger partial charge < -0.3 is 13.6 Å². The molecule has 3 heterocycles. The molecule has 5 aromatic rings. The summed E-state index contributed by atoms with van der Waals surface area (Å²) in [5.74, 6) is 3.58. The Bertz CT molecular complexity index is 1230. The number of methoxy groups -OCH3 is 1. The molecule has 0 amide bonds. The van der Waals surface area contributed by atoms with E-state index in [-0.39, 0.29) is 0 Å². The zero-order valence-electron chi connectivity index (χ0n) is 16.2. The monoisotopic (exact) mass is 418 g/mol. The lowest BCUT2D eigenvalue weighted by Crippen LogP contribution is -2.03. The van der Waals surface area contributed by atoms with Crippen LogP contribution in [0.2, 0.25) is 0 Å². The highest BCUT2D eigenvalue weighted by atomic mass is 32.2. The van der Waals surface area contributed by atoms with Crippen molar-refractivity contribution in [3.05, 3.63) is 78.6 Å². The lowest BCUT2D eigenvalue weighted by Gasteiger charge is -2.09. The number of nitrogens with zero attached hydrogens (tertiary/aromatic N) is 4. The third-order valence-corrected chi connectivity index (χ3v) is 5.57. The molecule has 0 saturated carbocycles. The Morgan fingerprint density at radius 3 is 2.63 bits per heavy atom. The summed E-state index contributed by atoms with van der Waals surface area (Å²) in [5, 5.41) is 9.62. The first-order valence-corrected chi connectivity index (χ1v) is 10.4. The topological polar surface area (TPSA) is 79.1 Å². The minimum Gasteiger partial charge on any atom is -0.497 e. The van der Waals surface area contributed by atoms with Crippen molar-refractivity contribution in [3.8, 4) is 17.1 Å². The van der Waals surface area contributed by atoms with Crippen molar-refractivity contribution in [2.45, 2.75) is 17.5 Å². The highest BCUT2D eigenvalue weighted by molar-refractivity contribution is 7.98. The van der Waals surface area contributed by atoms with Gasteiger partial charge in [0.1, 0.15) is 17.0 Å². The van der Waals surface area contributed by atoms with Crippen molar-refractivity contribution in [1.82, 2.24) is 19.7 Å². The van der Waals surface area contributed by atoms with E-state index in [2.05, 4.69) is 15.2 Å². The van der Waals surface area contributed by atoms with Crippen LogP contribution in [0.25, 0.3) is 22.5 Å². The number of para-hydroxylation sites is 2. The minimum atomic E-state index is 0.525. The lowest BCUT2D eigenvalue weighted by molar-refractivity contribution is 0.415. The van der Waals surface area contributed by atoms with E-state index in [1.165, 1.54) is 11.8 Å². The summed E-state index contributed by atoms with van der Waals surface area (Å²) >= 11 is 1.53. The third kappa shape index (κ3) is 3.69. The van der Waals surface area contributed by atoms with Gasteiger partial charge in [-0.1, -0.05) is 23.9 Å². The Morgan fingerprint density at radius 1 is 1.00 bits per heavy atom. The number of aromatic nitrogens is 4. The van der Waals surface area contributed by atoms with Gasteiger partial charge in [0.25, 0.3) is 0 Å². The van der Waals surface area contributed by atoms with E-state index in [0.717, 1.165) is 39.2 Å². The van der Waals surface area contributed by atoms with E-state index in [9.17, 15) is 0 Å². The van der Waals surface area contributed by atoms with Gasteiger partial charge in [0.2, 0.25) is 5.89 Å². The van der Waals surface area contributed by atoms with E-state index >= 15 is 0 Å². The zero-order chi connectivity index (χ0) is 20.3. The van der Waals surface area contributed by atoms with E-state index in [0.29, 0.717) is 18.2 Å². The Morgan fingerprint density at radius 2 is 1.87 bits per heavy atom. The molecule has 30 heavy (non-hydrogen) atoms. The van der Waals surface area contributed by atoms with Crippen molar-refractivity contribution in [3.63, 3.8) is 0 Å². The number of hydrogen-bond acceptors (Lipinski definition) is 7. The summed E-state index contributed by atoms with van der Waals surface area (Å²) in [6, 6.07) is 19.3. The average molecular weight is 418 g/mol. The van der Waals surface area contributed by atoms with Gasteiger partial charge in [-0.15, -0.1) is 10.2 Å². The molecule has 150 valence electrons. The summed E-state index contributed by atoms with van der Waals surface area (Å²) in [6.45, 7) is 0.525. The van der Waals surface area contributed by atoms with Gasteiger partial charge in [0.05, 0.1) is 25.7 Å². The maximum absolute atomic E-state index is 5.83. The van der Waals surface area contributed by atoms with Crippen LogP contribution in [0.15, 0.2) is 80.9 Å². The quantitative estimate of drug-likeness (QED) is 0.343. The van der Waals surface area contributed by atoms with Crippen LogP contribution in [0, 0.1) is 0 Å².